The van der Waals surface area contributed by atoms with Gasteiger partial charge in [-0.3, -0.25) is 9.59 Å². The number of para-hydroxylation sites is 1. The molecule has 0 spiro atoms. The third-order valence-electron chi connectivity index (χ3n) is 3.86. The van der Waals surface area contributed by atoms with E-state index in [1.807, 2.05) is 31.2 Å². The van der Waals surface area contributed by atoms with Gasteiger partial charge in [-0.1, -0.05) is 39.0 Å². The van der Waals surface area contributed by atoms with E-state index in [-0.39, 0.29) is 17.2 Å². The molecule has 0 aliphatic heterocycles. The second-order valence-electron chi connectivity index (χ2n) is 7.17. The lowest BCUT2D eigenvalue weighted by Gasteiger charge is -2.17. The lowest BCUT2D eigenvalue weighted by Crippen LogP contribution is -2.24. The fourth-order valence-electron chi connectivity index (χ4n) is 2.25. The Morgan fingerprint density at radius 1 is 1.24 bits per heavy atom. The van der Waals surface area contributed by atoms with Crippen LogP contribution in [0, 0.1) is 6.92 Å². The zero-order valence-electron chi connectivity index (χ0n) is 15.6. The molecule has 1 aromatic carbocycles. The van der Waals surface area contributed by atoms with Crippen molar-refractivity contribution in [3.8, 4) is 0 Å². The second kappa shape index (κ2) is 7.35. The van der Waals surface area contributed by atoms with E-state index in [1.54, 1.807) is 11.9 Å². The van der Waals surface area contributed by atoms with E-state index in [1.165, 1.54) is 18.3 Å². The van der Waals surface area contributed by atoms with Gasteiger partial charge >= 0.3 is 0 Å². The van der Waals surface area contributed by atoms with Crippen molar-refractivity contribution >= 4 is 28.8 Å². The average Bonchev–Trinajstić information content (AvgIpc) is 2.91. The lowest BCUT2D eigenvalue weighted by molar-refractivity contribution is -0.128. The van der Waals surface area contributed by atoms with E-state index in [0.29, 0.717) is 17.1 Å². The molecule has 25 heavy (non-hydrogen) atoms. The van der Waals surface area contributed by atoms with Crippen molar-refractivity contribution in [2.24, 2.45) is 0 Å². The number of nitrogens with one attached hydrogen (secondary N) is 1. The van der Waals surface area contributed by atoms with E-state index >= 15 is 0 Å². The van der Waals surface area contributed by atoms with Crippen molar-refractivity contribution in [2.75, 3.05) is 12.4 Å². The molecule has 5 nitrogen and oxygen atoms in total. The number of nitrogens with zero attached hydrogens (tertiary/aromatic N) is 2. The minimum absolute atomic E-state index is 0.0192. The van der Waals surface area contributed by atoms with E-state index < -0.39 is 0 Å². The van der Waals surface area contributed by atoms with Crippen LogP contribution in [0.15, 0.2) is 24.3 Å². The van der Waals surface area contributed by atoms with Gasteiger partial charge < -0.3 is 10.2 Å². The summed E-state index contributed by atoms with van der Waals surface area (Å²) in [6.07, 6.45) is 0. The second-order valence-corrected chi connectivity index (χ2v) is 8.17. The summed E-state index contributed by atoms with van der Waals surface area (Å²) < 4.78 is 0. The first kappa shape index (κ1) is 19.1. The molecule has 0 saturated carbocycles. The molecule has 1 heterocycles. The van der Waals surface area contributed by atoms with Gasteiger partial charge in [-0.05, 0) is 18.6 Å². The third-order valence-corrected chi connectivity index (χ3v) is 5.44. The Bertz CT molecular complexity index is 790. The number of carbonyl (C=O) groups excluding carboxylic acids is 2. The summed E-state index contributed by atoms with van der Waals surface area (Å²) >= 11 is 1.43. The molecule has 134 valence electrons. The highest BCUT2D eigenvalue weighted by Crippen LogP contribution is 2.30. The first-order valence-corrected chi connectivity index (χ1v) is 9.00. The molecule has 0 bridgehead atoms. The quantitative estimate of drug-likeness (QED) is 0.898. The number of carbonyl (C=O) groups is 2. The lowest BCUT2D eigenvalue weighted by atomic mass is 9.98. The molecule has 1 aromatic heterocycles. The van der Waals surface area contributed by atoms with E-state index in [4.69, 9.17) is 0 Å². The van der Waals surface area contributed by atoms with Crippen LogP contribution in [0.5, 0.6) is 0 Å². The normalized spacial score (nSPS) is 11.3. The third kappa shape index (κ3) is 4.66. The minimum Gasteiger partial charge on any atom is -0.342 e. The van der Waals surface area contributed by atoms with E-state index in [9.17, 15) is 9.59 Å². The summed E-state index contributed by atoms with van der Waals surface area (Å²) in [4.78, 5) is 31.0. The number of anilines is 1. The predicted octanol–water partition coefficient (Wildman–Crippen LogP) is 3.98. The van der Waals surface area contributed by atoms with Gasteiger partial charge in [0.1, 0.15) is 4.88 Å². The molecule has 0 radical (unpaired) electrons. The number of rotatable bonds is 4. The smallest absolute Gasteiger partial charge is 0.267 e. The molecule has 0 aliphatic rings. The Kier molecular flexibility index (Phi) is 5.62. The number of aromatic nitrogens is 1. The molecule has 0 unspecified atom stereocenters. The molecule has 2 aromatic rings. The summed E-state index contributed by atoms with van der Waals surface area (Å²) in [5.74, 6) is -0.183. The molecule has 2 rings (SSSR count). The van der Waals surface area contributed by atoms with Crippen LogP contribution < -0.4 is 5.32 Å². The zero-order chi connectivity index (χ0) is 18.8. The average molecular weight is 359 g/mol. The zero-order valence-corrected chi connectivity index (χ0v) is 16.5. The van der Waals surface area contributed by atoms with Crippen LogP contribution in [0.4, 0.5) is 5.69 Å². The van der Waals surface area contributed by atoms with Crippen LogP contribution >= 0.6 is 11.3 Å². The van der Waals surface area contributed by atoms with Crippen molar-refractivity contribution < 1.29 is 9.59 Å². The van der Waals surface area contributed by atoms with E-state index in [0.717, 1.165) is 16.3 Å². The Morgan fingerprint density at radius 3 is 2.44 bits per heavy atom. The van der Waals surface area contributed by atoms with Crippen LogP contribution in [0.25, 0.3) is 0 Å². The Labute approximate surface area is 153 Å². The Hall–Kier alpha value is -2.21. The van der Waals surface area contributed by atoms with Crippen molar-refractivity contribution in [2.45, 2.75) is 46.6 Å². The fourth-order valence-corrected chi connectivity index (χ4v) is 3.27. The first-order chi connectivity index (χ1) is 11.6. The van der Waals surface area contributed by atoms with Gasteiger partial charge in [-0.2, -0.15) is 0 Å². The predicted molar refractivity (Wildman–Crippen MR) is 102 cm³/mol. The minimum atomic E-state index is -0.163. The maximum absolute atomic E-state index is 12.7. The van der Waals surface area contributed by atoms with Gasteiger partial charge in [0.25, 0.3) is 5.91 Å². The monoisotopic (exact) mass is 359 g/mol. The van der Waals surface area contributed by atoms with Crippen LogP contribution in [0.3, 0.4) is 0 Å². The first-order valence-electron chi connectivity index (χ1n) is 8.18. The number of aryl methyl sites for hydroxylation is 1. The van der Waals surface area contributed by atoms with E-state index in [2.05, 4.69) is 31.1 Å². The summed E-state index contributed by atoms with van der Waals surface area (Å²) in [6.45, 7) is 10.1. The number of thiazole rings is 1. The van der Waals surface area contributed by atoms with Gasteiger partial charge in [0.15, 0.2) is 0 Å². The van der Waals surface area contributed by atoms with Crippen LogP contribution in [0.2, 0.25) is 0 Å². The summed E-state index contributed by atoms with van der Waals surface area (Å²) in [5.41, 5.74) is 2.26. The molecule has 0 atom stereocenters. The number of hydrogen-bond donors (Lipinski definition) is 1. The molecule has 2 amide bonds. The number of amides is 2. The Morgan fingerprint density at radius 2 is 1.88 bits per heavy atom. The summed E-state index contributed by atoms with van der Waals surface area (Å²) in [6, 6.07) is 7.53. The SMILES string of the molecule is CC(=O)N(C)Cc1ccccc1NC(=O)c1sc(C(C)(C)C)nc1C. The van der Waals surface area contributed by atoms with Crippen LogP contribution in [-0.2, 0) is 16.8 Å². The summed E-state index contributed by atoms with van der Waals surface area (Å²) in [5, 5.41) is 3.91. The van der Waals surface area contributed by atoms with Gasteiger partial charge in [0.2, 0.25) is 5.91 Å². The molecular formula is C19H25N3O2S. The number of benzene rings is 1. The maximum Gasteiger partial charge on any atom is 0.267 e. The maximum atomic E-state index is 12.7. The van der Waals surface area contributed by atoms with Crippen molar-refractivity contribution in [3.05, 3.63) is 45.4 Å². The van der Waals surface area contributed by atoms with Crippen LogP contribution in [-0.4, -0.2) is 28.7 Å². The Balaban J connectivity index is 2.24. The fraction of sp³-hybridized carbons (Fsp3) is 0.421. The van der Waals surface area contributed by atoms with Gasteiger partial charge in [-0.15, -0.1) is 11.3 Å². The standard InChI is InChI=1S/C19H25N3O2S/c1-12-16(25-18(20-12)19(3,4)5)17(24)21-15-10-8-7-9-14(15)11-22(6)13(2)23/h7-10H,11H2,1-6H3,(H,21,24). The highest BCUT2D eigenvalue weighted by atomic mass is 32.1. The molecule has 0 aliphatic carbocycles. The highest BCUT2D eigenvalue weighted by Gasteiger charge is 2.23. The topological polar surface area (TPSA) is 62.3 Å². The van der Waals surface area contributed by atoms with Crippen molar-refractivity contribution in [1.29, 1.82) is 0 Å². The van der Waals surface area contributed by atoms with Gasteiger partial charge in [0.05, 0.1) is 10.7 Å². The largest absolute Gasteiger partial charge is 0.342 e. The van der Waals surface area contributed by atoms with Gasteiger partial charge in [-0.25, -0.2) is 4.98 Å². The van der Waals surface area contributed by atoms with Crippen molar-refractivity contribution in [3.63, 3.8) is 0 Å². The molecule has 0 saturated heterocycles. The molecule has 1 N–H and O–H groups in total. The molecule has 6 heteroatoms. The number of hydrogen-bond acceptors (Lipinski definition) is 4. The molecule has 0 fully saturated rings. The molecular weight excluding hydrogens is 334 g/mol. The highest BCUT2D eigenvalue weighted by molar-refractivity contribution is 7.14. The summed E-state index contributed by atoms with van der Waals surface area (Å²) in [7, 11) is 1.74. The van der Waals surface area contributed by atoms with Gasteiger partial charge in [0, 0.05) is 31.6 Å². The van der Waals surface area contributed by atoms with Crippen LogP contribution in [0.1, 0.15) is 53.6 Å². The van der Waals surface area contributed by atoms with Crippen molar-refractivity contribution in [1.82, 2.24) is 9.88 Å².